The zero-order valence-corrected chi connectivity index (χ0v) is 8.99. The van der Waals surface area contributed by atoms with Crippen LogP contribution >= 0.6 is 0 Å². The molecule has 4 heteroatoms. The number of hydrogen-bond donors (Lipinski definition) is 1. The van der Waals surface area contributed by atoms with Crippen LogP contribution in [-0.2, 0) is 16.8 Å². The molecule has 1 saturated heterocycles. The van der Waals surface area contributed by atoms with Crippen LogP contribution in [0.25, 0.3) is 0 Å². The van der Waals surface area contributed by atoms with E-state index in [9.17, 15) is 9.59 Å². The molecule has 0 spiro atoms. The number of fused-ring (bicyclic) bond motifs is 3. The lowest BCUT2D eigenvalue weighted by molar-refractivity contribution is -0.126. The molecule has 1 aromatic carbocycles. The van der Waals surface area contributed by atoms with Crippen LogP contribution < -0.4 is 5.32 Å². The number of carbonyl (C=O) groups excluding carboxylic acids is 2. The monoisotopic (exact) mass is 216 g/mol. The molecule has 2 aliphatic rings. The maximum absolute atomic E-state index is 11.9. The van der Waals surface area contributed by atoms with Gasteiger partial charge in [-0.1, -0.05) is 24.3 Å². The van der Waals surface area contributed by atoms with Crippen LogP contribution in [0.5, 0.6) is 0 Å². The molecule has 16 heavy (non-hydrogen) atoms. The summed E-state index contributed by atoms with van der Waals surface area (Å²) in [5.41, 5.74) is 1.29. The first kappa shape index (κ1) is 9.39. The first-order chi connectivity index (χ1) is 7.64. The molecule has 1 unspecified atom stereocenters. The Balaban J connectivity index is 2.23. The highest BCUT2D eigenvalue weighted by molar-refractivity contribution is 6.07. The minimum Gasteiger partial charge on any atom is -0.306 e. The number of nitrogens with zero attached hydrogens (tertiary/aromatic N) is 1. The number of rotatable bonds is 0. The molecular weight excluding hydrogens is 204 g/mol. The van der Waals surface area contributed by atoms with E-state index in [-0.39, 0.29) is 11.9 Å². The molecule has 4 nitrogen and oxygen atoms in total. The second-order valence-corrected chi connectivity index (χ2v) is 4.39. The number of hydrogen-bond acceptors (Lipinski definition) is 2. The summed E-state index contributed by atoms with van der Waals surface area (Å²) in [5.74, 6) is -0.218. The molecule has 1 atom stereocenters. The SMILES string of the molecule is CC12C(=O)NC(=O)N1CCc1ccccc12. The second-order valence-electron chi connectivity index (χ2n) is 4.39. The van der Waals surface area contributed by atoms with Gasteiger partial charge >= 0.3 is 6.03 Å². The summed E-state index contributed by atoms with van der Waals surface area (Å²) in [6.07, 6.45) is 0.812. The molecule has 0 radical (unpaired) electrons. The number of urea groups is 1. The summed E-state index contributed by atoms with van der Waals surface area (Å²) < 4.78 is 0. The van der Waals surface area contributed by atoms with E-state index >= 15 is 0 Å². The molecule has 0 aliphatic carbocycles. The first-order valence-corrected chi connectivity index (χ1v) is 5.35. The summed E-state index contributed by atoms with van der Waals surface area (Å²) in [6.45, 7) is 2.41. The van der Waals surface area contributed by atoms with Crippen molar-refractivity contribution >= 4 is 11.9 Å². The van der Waals surface area contributed by atoms with Crippen molar-refractivity contribution in [1.82, 2.24) is 10.2 Å². The van der Waals surface area contributed by atoms with Crippen LogP contribution in [0.3, 0.4) is 0 Å². The third-order valence-electron chi connectivity index (χ3n) is 3.59. The lowest BCUT2D eigenvalue weighted by Gasteiger charge is -2.37. The van der Waals surface area contributed by atoms with E-state index in [0.717, 1.165) is 17.5 Å². The lowest BCUT2D eigenvalue weighted by atomic mass is 9.82. The molecule has 1 N–H and O–H groups in total. The predicted molar refractivity (Wildman–Crippen MR) is 57.7 cm³/mol. The van der Waals surface area contributed by atoms with E-state index in [0.29, 0.717) is 6.54 Å². The number of carbonyl (C=O) groups is 2. The van der Waals surface area contributed by atoms with Gasteiger partial charge in [0.2, 0.25) is 0 Å². The van der Waals surface area contributed by atoms with Crippen molar-refractivity contribution < 1.29 is 9.59 Å². The van der Waals surface area contributed by atoms with E-state index in [1.54, 1.807) is 4.90 Å². The van der Waals surface area contributed by atoms with Crippen molar-refractivity contribution in [3.8, 4) is 0 Å². The second kappa shape index (κ2) is 2.84. The Morgan fingerprint density at radius 2 is 2.06 bits per heavy atom. The molecule has 3 amide bonds. The van der Waals surface area contributed by atoms with Crippen LogP contribution in [0.1, 0.15) is 18.1 Å². The van der Waals surface area contributed by atoms with Crippen LogP contribution in [0, 0.1) is 0 Å². The third-order valence-corrected chi connectivity index (χ3v) is 3.59. The maximum Gasteiger partial charge on any atom is 0.325 e. The van der Waals surface area contributed by atoms with Crippen molar-refractivity contribution in [2.45, 2.75) is 18.9 Å². The zero-order chi connectivity index (χ0) is 11.3. The summed E-state index contributed by atoms with van der Waals surface area (Å²) in [7, 11) is 0. The van der Waals surface area contributed by atoms with Crippen LogP contribution in [0.2, 0.25) is 0 Å². The standard InChI is InChI=1S/C12H12N2O2/c1-12-9-5-3-2-4-8(9)6-7-14(12)11(16)13-10(12)15/h2-5H,6-7H2,1H3,(H,13,15,16). The van der Waals surface area contributed by atoms with Crippen LogP contribution in [0.4, 0.5) is 4.79 Å². The van der Waals surface area contributed by atoms with Gasteiger partial charge in [-0.2, -0.15) is 0 Å². The van der Waals surface area contributed by atoms with Gasteiger partial charge in [0, 0.05) is 6.54 Å². The number of imide groups is 1. The van der Waals surface area contributed by atoms with Crippen molar-refractivity contribution in [3.05, 3.63) is 35.4 Å². The van der Waals surface area contributed by atoms with E-state index in [1.165, 1.54) is 0 Å². The van der Waals surface area contributed by atoms with Gasteiger partial charge in [0.1, 0.15) is 5.54 Å². The molecule has 2 heterocycles. The van der Waals surface area contributed by atoms with Crippen LogP contribution in [0.15, 0.2) is 24.3 Å². The normalized spacial score (nSPS) is 27.4. The molecule has 0 aromatic heterocycles. The van der Waals surface area contributed by atoms with Gasteiger partial charge in [-0.25, -0.2) is 4.79 Å². The summed E-state index contributed by atoms with van der Waals surface area (Å²) in [6, 6.07) is 7.55. The fourth-order valence-corrected chi connectivity index (χ4v) is 2.65. The van der Waals surface area contributed by atoms with Gasteiger partial charge in [0.15, 0.2) is 0 Å². The largest absolute Gasteiger partial charge is 0.325 e. The van der Waals surface area contributed by atoms with Crippen LogP contribution in [-0.4, -0.2) is 23.4 Å². The fourth-order valence-electron chi connectivity index (χ4n) is 2.65. The predicted octanol–water partition coefficient (Wildman–Crippen LogP) is 1.01. The highest BCUT2D eigenvalue weighted by atomic mass is 16.2. The van der Waals surface area contributed by atoms with Gasteiger partial charge < -0.3 is 4.90 Å². The maximum atomic E-state index is 11.9. The molecule has 3 rings (SSSR count). The number of nitrogens with one attached hydrogen (secondary N) is 1. The Morgan fingerprint density at radius 3 is 2.88 bits per heavy atom. The smallest absolute Gasteiger partial charge is 0.306 e. The Hall–Kier alpha value is -1.84. The highest BCUT2D eigenvalue weighted by Crippen LogP contribution is 2.38. The molecule has 82 valence electrons. The quantitative estimate of drug-likeness (QED) is 0.658. The average molecular weight is 216 g/mol. The minimum atomic E-state index is -0.814. The van der Waals surface area contributed by atoms with Crippen molar-refractivity contribution in [1.29, 1.82) is 0 Å². The van der Waals surface area contributed by atoms with E-state index < -0.39 is 5.54 Å². The summed E-state index contributed by atoms with van der Waals surface area (Å²) >= 11 is 0. The lowest BCUT2D eigenvalue weighted by Crippen LogP contribution is -2.48. The number of benzene rings is 1. The van der Waals surface area contributed by atoms with Gasteiger partial charge in [-0.05, 0) is 24.5 Å². The van der Waals surface area contributed by atoms with Crippen molar-refractivity contribution in [2.75, 3.05) is 6.54 Å². The summed E-state index contributed by atoms with van der Waals surface area (Å²) in [4.78, 5) is 25.2. The van der Waals surface area contributed by atoms with Gasteiger partial charge in [0.25, 0.3) is 5.91 Å². The molecule has 0 bridgehead atoms. The number of amides is 3. The Morgan fingerprint density at radius 1 is 1.31 bits per heavy atom. The van der Waals surface area contributed by atoms with Crippen molar-refractivity contribution in [2.24, 2.45) is 0 Å². The van der Waals surface area contributed by atoms with E-state index in [2.05, 4.69) is 5.32 Å². The van der Waals surface area contributed by atoms with Crippen molar-refractivity contribution in [3.63, 3.8) is 0 Å². The molecule has 1 fully saturated rings. The minimum absolute atomic E-state index is 0.218. The van der Waals surface area contributed by atoms with Gasteiger partial charge in [-0.15, -0.1) is 0 Å². The fraction of sp³-hybridized carbons (Fsp3) is 0.333. The van der Waals surface area contributed by atoms with E-state index in [1.807, 2.05) is 31.2 Å². The summed E-state index contributed by atoms with van der Waals surface area (Å²) in [5, 5.41) is 2.39. The third kappa shape index (κ3) is 0.939. The molecule has 1 aromatic rings. The molecule has 0 saturated carbocycles. The molecular formula is C12H12N2O2. The zero-order valence-electron chi connectivity index (χ0n) is 8.99. The Kier molecular flexibility index (Phi) is 1.67. The Labute approximate surface area is 93.2 Å². The van der Waals surface area contributed by atoms with E-state index in [4.69, 9.17) is 0 Å². The Bertz CT molecular complexity index is 498. The van der Waals surface area contributed by atoms with Gasteiger partial charge in [-0.3, -0.25) is 10.1 Å². The topological polar surface area (TPSA) is 49.4 Å². The molecule has 2 aliphatic heterocycles. The van der Waals surface area contributed by atoms with Gasteiger partial charge in [0.05, 0.1) is 0 Å². The highest BCUT2D eigenvalue weighted by Gasteiger charge is 2.52. The first-order valence-electron chi connectivity index (χ1n) is 5.35. The average Bonchev–Trinajstić information content (AvgIpc) is 2.51.